The molecule has 0 unspecified atom stereocenters. The normalized spacial score (nSPS) is 11.6. The average Bonchev–Trinajstić information content (AvgIpc) is 2.37. The number of aromatic amines is 2. The number of carboxylic acids is 1. The predicted octanol–water partition coefficient (Wildman–Crippen LogP) is -2.76. The maximum atomic E-state index is 11.8. The molecule has 0 saturated heterocycles. The highest BCUT2D eigenvalue weighted by atomic mass is 32.2. The van der Waals surface area contributed by atoms with E-state index in [1.807, 2.05) is 4.72 Å². The van der Waals surface area contributed by atoms with Gasteiger partial charge in [-0.1, -0.05) is 0 Å². The minimum absolute atomic E-state index is 0.103. The Morgan fingerprint density at radius 1 is 1.15 bits per heavy atom. The maximum absolute atomic E-state index is 11.8. The van der Waals surface area contributed by atoms with Crippen molar-refractivity contribution in [1.29, 1.82) is 0 Å². The summed E-state index contributed by atoms with van der Waals surface area (Å²) in [5.41, 5.74) is -1.43. The molecular formula is C10H8N3O6S-. The molecule has 0 aliphatic carbocycles. The van der Waals surface area contributed by atoms with E-state index in [4.69, 9.17) is 0 Å². The van der Waals surface area contributed by atoms with E-state index in [1.54, 1.807) is 0 Å². The number of carboxylic acid groups (broad SMARTS) is 1. The number of H-pyrrole nitrogens is 2. The molecule has 0 fully saturated rings. The van der Waals surface area contributed by atoms with Crippen molar-refractivity contribution < 1.29 is 18.3 Å². The first-order valence-electron chi connectivity index (χ1n) is 5.25. The average molecular weight is 298 g/mol. The van der Waals surface area contributed by atoms with Crippen LogP contribution in [0.4, 0.5) is 0 Å². The van der Waals surface area contributed by atoms with Gasteiger partial charge in [0.1, 0.15) is 0 Å². The highest BCUT2D eigenvalue weighted by Crippen LogP contribution is 2.13. The second-order valence-corrected chi connectivity index (χ2v) is 5.58. The fraction of sp³-hybridized carbons (Fsp3) is 0.100. The molecule has 1 aromatic carbocycles. The van der Waals surface area contributed by atoms with Crippen molar-refractivity contribution in [3.05, 3.63) is 38.9 Å². The third-order valence-corrected chi connectivity index (χ3v) is 3.81. The second kappa shape index (κ2) is 4.90. The minimum Gasteiger partial charge on any atom is -0.549 e. The molecule has 10 heteroatoms. The first-order chi connectivity index (χ1) is 9.29. The third kappa shape index (κ3) is 2.75. The van der Waals surface area contributed by atoms with Crippen LogP contribution in [-0.2, 0) is 14.8 Å². The highest BCUT2D eigenvalue weighted by Gasteiger charge is 2.14. The molecule has 1 aromatic heterocycles. The molecule has 1 heterocycles. The second-order valence-electron chi connectivity index (χ2n) is 3.81. The number of hydrogen-bond donors (Lipinski definition) is 3. The van der Waals surface area contributed by atoms with Gasteiger partial charge in [0.2, 0.25) is 10.0 Å². The number of sulfonamides is 1. The van der Waals surface area contributed by atoms with E-state index >= 15 is 0 Å². The van der Waals surface area contributed by atoms with E-state index in [0.717, 1.165) is 12.1 Å². The Bertz CT molecular complexity index is 895. The van der Waals surface area contributed by atoms with Gasteiger partial charge in [0.25, 0.3) is 0 Å². The molecule has 0 aliphatic rings. The lowest BCUT2D eigenvalue weighted by molar-refractivity contribution is -0.303. The third-order valence-electron chi connectivity index (χ3n) is 2.41. The van der Waals surface area contributed by atoms with Gasteiger partial charge in [-0.3, -0.25) is 9.59 Å². The summed E-state index contributed by atoms with van der Waals surface area (Å²) in [6, 6.07) is 3.54. The number of rotatable bonds is 4. The summed E-state index contributed by atoms with van der Waals surface area (Å²) >= 11 is 0. The van der Waals surface area contributed by atoms with Crippen LogP contribution in [-0.4, -0.2) is 30.9 Å². The SMILES string of the molecule is O=C([O-])CNS(=O)(=O)c1ccc2[nH]c(=O)c(=O)[nH]c2c1. The van der Waals surface area contributed by atoms with Crippen molar-refractivity contribution in [2.75, 3.05) is 6.54 Å². The minimum atomic E-state index is -4.05. The Kier molecular flexibility index (Phi) is 3.42. The van der Waals surface area contributed by atoms with Gasteiger partial charge in [0.15, 0.2) is 0 Å². The molecule has 20 heavy (non-hydrogen) atoms. The molecule has 2 rings (SSSR count). The van der Waals surface area contributed by atoms with Crippen LogP contribution in [0.2, 0.25) is 0 Å². The van der Waals surface area contributed by atoms with Crippen LogP contribution in [0.1, 0.15) is 0 Å². The Morgan fingerprint density at radius 3 is 2.35 bits per heavy atom. The lowest BCUT2D eigenvalue weighted by Gasteiger charge is -2.07. The zero-order valence-electron chi connectivity index (χ0n) is 9.80. The van der Waals surface area contributed by atoms with Gasteiger partial charge in [-0.2, -0.15) is 0 Å². The molecule has 0 bridgehead atoms. The molecule has 3 N–H and O–H groups in total. The molecule has 0 amide bonds. The van der Waals surface area contributed by atoms with E-state index < -0.39 is 33.7 Å². The zero-order chi connectivity index (χ0) is 14.9. The molecule has 0 radical (unpaired) electrons. The molecular weight excluding hydrogens is 290 g/mol. The van der Waals surface area contributed by atoms with E-state index in [0.29, 0.717) is 0 Å². The number of aromatic nitrogens is 2. The topological polar surface area (TPSA) is 152 Å². The fourth-order valence-corrected chi connectivity index (χ4v) is 2.49. The van der Waals surface area contributed by atoms with Crippen LogP contribution in [0.3, 0.4) is 0 Å². The molecule has 2 aromatic rings. The van der Waals surface area contributed by atoms with E-state index in [2.05, 4.69) is 9.97 Å². The maximum Gasteiger partial charge on any atom is 0.314 e. The number of fused-ring (bicyclic) bond motifs is 1. The molecule has 106 valence electrons. The highest BCUT2D eigenvalue weighted by molar-refractivity contribution is 7.89. The Hall–Kier alpha value is -2.46. The van der Waals surface area contributed by atoms with Gasteiger partial charge in [-0.25, -0.2) is 13.1 Å². The number of carbonyl (C=O) groups excluding carboxylic acids is 1. The summed E-state index contributed by atoms with van der Waals surface area (Å²) in [7, 11) is -4.05. The summed E-state index contributed by atoms with van der Waals surface area (Å²) in [5, 5.41) is 10.2. The van der Waals surface area contributed by atoms with Crippen LogP contribution in [0.15, 0.2) is 32.7 Å². The van der Waals surface area contributed by atoms with Gasteiger partial charge >= 0.3 is 11.1 Å². The summed E-state index contributed by atoms with van der Waals surface area (Å²) in [6.07, 6.45) is 0. The van der Waals surface area contributed by atoms with E-state index in [1.165, 1.54) is 6.07 Å². The van der Waals surface area contributed by atoms with Gasteiger partial charge in [-0.15, -0.1) is 0 Å². The number of carbonyl (C=O) groups is 1. The smallest absolute Gasteiger partial charge is 0.314 e. The zero-order valence-corrected chi connectivity index (χ0v) is 10.6. The van der Waals surface area contributed by atoms with Crippen molar-refractivity contribution >= 4 is 27.0 Å². The fourth-order valence-electron chi connectivity index (χ4n) is 1.50. The summed E-state index contributed by atoms with van der Waals surface area (Å²) in [6.45, 7) is -0.873. The number of nitrogens with one attached hydrogen (secondary N) is 3. The van der Waals surface area contributed by atoms with Gasteiger partial charge in [-0.05, 0) is 18.2 Å². The summed E-state index contributed by atoms with van der Waals surface area (Å²) in [5.74, 6) is -1.58. The Balaban J connectivity index is 2.51. The van der Waals surface area contributed by atoms with Gasteiger partial charge in [0, 0.05) is 0 Å². The van der Waals surface area contributed by atoms with Crippen LogP contribution in [0.25, 0.3) is 11.0 Å². The van der Waals surface area contributed by atoms with Crippen LogP contribution >= 0.6 is 0 Å². The van der Waals surface area contributed by atoms with Crippen molar-refractivity contribution in [2.45, 2.75) is 4.90 Å². The number of aliphatic carboxylic acids is 1. The molecule has 0 saturated carbocycles. The van der Waals surface area contributed by atoms with E-state index in [-0.39, 0.29) is 15.9 Å². The van der Waals surface area contributed by atoms with Gasteiger partial charge < -0.3 is 19.9 Å². The first kappa shape index (κ1) is 14.0. The largest absolute Gasteiger partial charge is 0.549 e. The lowest BCUT2D eigenvalue weighted by Crippen LogP contribution is -2.37. The first-order valence-corrected chi connectivity index (χ1v) is 6.74. The standard InChI is InChI=1S/C10H9N3O6S/c14-8(15)4-11-20(18,19)5-1-2-6-7(3-5)13-10(17)9(16)12-6/h1-3,11H,4H2,(H,12,16)(H,13,17)(H,14,15)/p-1. The Labute approximate surface area is 111 Å². The molecule has 9 nitrogen and oxygen atoms in total. The van der Waals surface area contributed by atoms with Crippen molar-refractivity contribution in [3.8, 4) is 0 Å². The lowest BCUT2D eigenvalue weighted by atomic mass is 10.3. The predicted molar refractivity (Wildman–Crippen MR) is 65.4 cm³/mol. The molecule has 0 aliphatic heterocycles. The van der Waals surface area contributed by atoms with Crippen LogP contribution in [0.5, 0.6) is 0 Å². The monoisotopic (exact) mass is 298 g/mol. The summed E-state index contributed by atoms with van der Waals surface area (Å²) < 4.78 is 25.3. The van der Waals surface area contributed by atoms with Crippen LogP contribution < -0.4 is 20.9 Å². The van der Waals surface area contributed by atoms with Gasteiger partial charge in [0.05, 0.1) is 28.4 Å². The summed E-state index contributed by atoms with van der Waals surface area (Å²) in [4.78, 5) is 36.7. The van der Waals surface area contributed by atoms with Crippen LogP contribution in [0, 0.1) is 0 Å². The number of benzene rings is 1. The quantitative estimate of drug-likeness (QED) is 0.520. The van der Waals surface area contributed by atoms with Crippen molar-refractivity contribution in [1.82, 2.24) is 14.7 Å². The van der Waals surface area contributed by atoms with E-state index in [9.17, 15) is 27.9 Å². The van der Waals surface area contributed by atoms with Crippen molar-refractivity contribution in [2.24, 2.45) is 0 Å². The molecule has 0 spiro atoms. The Morgan fingerprint density at radius 2 is 1.75 bits per heavy atom. The van der Waals surface area contributed by atoms with Crippen molar-refractivity contribution in [3.63, 3.8) is 0 Å². The molecule has 0 atom stereocenters. The number of hydrogen-bond acceptors (Lipinski definition) is 6.